The Balaban J connectivity index is 2.23. The number of carbonyl (C=O) groups is 1. The van der Waals surface area contributed by atoms with Gasteiger partial charge in [0, 0.05) is 25.2 Å². The zero-order valence-corrected chi connectivity index (χ0v) is 11.7. The zero-order valence-electron chi connectivity index (χ0n) is 10.9. The number of aliphatic hydroxyl groups excluding tert-OH is 1. The van der Waals surface area contributed by atoms with Crippen LogP contribution in [0.25, 0.3) is 0 Å². The van der Waals surface area contributed by atoms with Crippen LogP contribution < -0.4 is 5.32 Å². The third-order valence-electron chi connectivity index (χ3n) is 3.23. The number of hydrogen-bond donors (Lipinski definition) is 2. The molecule has 1 aromatic rings. The Morgan fingerprint density at radius 2 is 2.05 bits per heavy atom. The summed E-state index contributed by atoms with van der Waals surface area (Å²) < 4.78 is 0. The van der Waals surface area contributed by atoms with Gasteiger partial charge in [-0.15, -0.1) is 0 Å². The van der Waals surface area contributed by atoms with Crippen LogP contribution in [0.3, 0.4) is 0 Å². The summed E-state index contributed by atoms with van der Waals surface area (Å²) in [6.45, 7) is 1.89. The first-order chi connectivity index (χ1) is 9.00. The van der Waals surface area contributed by atoms with Gasteiger partial charge in [-0.1, -0.05) is 30.4 Å². The lowest BCUT2D eigenvalue weighted by Gasteiger charge is -2.31. The van der Waals surface area contributed by atoms with E-state index in [0.29, 0.717) is 6.42 Å². The van der Waals surface area contributed by atoms with Crippen molar-refractivity contribution in [3.8, 4) is 0 Å². The van der Waals surface area contributed by atoms with Crippen LogP contribution in [0.4, 0.5) is 5.69 Å². The van der Waals surface area contributed by atoms with Crippen molar-refractivity contribution in [1.82, 2.24) is 4.90 Å². The highest BCUT2D eigenvalue weighted by Gasteiger charge is 2.31. The largest absolute Gasteiger partial charge is 0.511 e. The fraction of sp³-hybridized carbons (Fsp3) is 0.286. The highest BCUT2D eigenvalue weighted by atomic mass is 32.1. The van der Waals surface area contributed by atoms with E-state index < -0.39 is 0 Å². The maximum Gasteiger partial charge on any atom is 0.260 e. The van der Waals surface area contributed by atoms with Crippen molar-refractivity contribution < 1.29 is 9.90 Å². The van der Waals surface area contributed by atoms with Crippen molar-refractivity contribution in [2.75, 3.05) is 12.4 Å². The molecule has 19 heavy (non-hydrogen) atoms. The first-order valence-corrected chi connectivity index (χ1v) is 6.47. The van der Waals surface area contributed by atoms with Crippen molar-refractivity contribution in [2.45, 2.75) is 19.4 Å². The Bertz CT molecular complexity index is 540. The molecule has 0 saturated carbocycles. The van der Waals surface area contributed by atoms with Crippen LogP contribution in [0.1, 0.15) is 13.3 Å². The van der Waals surface area contributed by atoms with Crippen molar-refractivity contribution in [3.63, 3.8) is 0 Å². The van der Waals surface area contributed by atoms with Crippen LogP contribution in [-0.2, 0) is 4.79 Å². The third kappa shape index (κ3) is 2.76. The van der Waals surface area contributed by atoms with E-state index >= 15 is 0 Å². The van der Waals surface area contributed by atoms with E-state index in [1.165, 1.54) is 0 Å². The lowest BCUT2D eigenvalue weighted by molar-refractivity contribution is -0.128. The number of nitrogens with zero attached hydrogens (tertiary/aromatic N) is 1. The van der Waals surface area contributed by atoms with Crippen LogP contribution in [0.2, 0.25) is 0 Å². The van der Waals surface area contributed by atoms with E-state index in [1.54, 1.807) is 11.9 Å². The van der Waals surface area contributed by atoms with Gasteiger partial charge in [0.2, 0.25) is 0 Å². The third-order valence-corrected chi connectivity index (χ3v) is 3.54. The molecule has 5 heteroatoms. The van der Waals surface area contributed by atoms with E-state index in [2.05, 4.69) is 5.32 Å². The zero-order chi connectivity index (χ0) is 14.0. The van der Waals surface area contributed by atoms with E-state index in [-0.39, 0.29) is 28.3 Å². The molecule has 4 nitrogen and oxygen atoms in total. The number of rotatable bonds is 2. The monoisotopic (exact) mass is 276 g/mol. The van der Waals surface area contributed by atoms with Gasteiger partial charge in [-0.2, -0.15) is 0 Å². The summed E-state index contributed by atoms with van der Waals surface area (Å²) in [5, 5.41) is 13.0. The molecule has 1 aromatic carbocycles. The van der Waals surface area contributed by atoms with Gasteiger partial charge in [-0.25, -0.2) is 0 Å². The van der Waals surface area contributed by atoms with Gasteiger partial charge in [0.15, 0.2) is 0 Å². The number of thiocarbonyl (C=S) groups is 1. The maximum absolute atomic E-state index is 12.2. The molecule has 0 aromatic heterocycles. The minimum atomic E-state index is -0.246. The maximum atomic E-state index is 12.2. The minimum Gasteiger partial charge on any atom is -0.511 e. The number of likely N-dealkylation sites (N-methyl/N-ethyl adjacent to an activating group) is 1. The Labute approximate surface area is 117 Å². The molecule has 0 saturated heterocycles. The van der Waals surface area contributed by atoms with E-state index in [9.17, 15) is 9.90 Å². The Morgan fingerprint density at radius 1 is 1.42 bits per heavy atom. The van der Waals surface area contributed by atoms with E-state index in [0.717, 1.165) is 5.69 Å². The van der Waals surface area contributed by atoms with E-state index in [1.807, 2.05) is 37.3 Å². The second kappa shape index (κ2) is 5.40. The minimum absolute atomic E-state index is 0.0178. The topological polar surface area (TPSA) is 52.6 Å². The molecule has 0 radical (unpaired) electrons. The standard InChI is InChI=1S/C14H16N2O2S/c1-9-8-11(17)12(14(18)16(9)2)13(19)15-10-6-4-3-5-7-10/h3-7,9,17H,8H2,1-2H3,(H,15,19). The molecule has 1 aliphatic rings. The van der Waals surface area contributed by atoms with Crippen molar-refractivity contribution in [2.24, 2.45) is 0 Å². The molecular weight excluding hydrogens is 260 g/mol. The lowest BCUT2D eigenvalue weighted by Crippen LogP contribution is -2.43. The summed E-state index contributed by atoms with van der Waals surface area (Å²) in [5.74, 6) is -0.186. The van der Waals surface area contributed by atoms with Crippen LogP contribution in [-0.4, -0.2) is 34.0 Å². The molecule has 1 atom stereocenters. The van der Waals surface area contributed by atoms with Gasteiger partial charge in [0.1, 0.15) is 16.3 Å². The van der Waals surface area contributed by atoms with Gasteiger partial charge >= 0.3 is 0 Å². The Hall–Kier alpha value is -1.88. The lowest BCUT2D eigenvalue weighted by atomic mass is 10.0. The SMILES string of the molecule is CC1CC(O)=C(C(=S)Nc2ccccc2)C(=O)N1C. The molecule has 100 valence electrons. The first kappa shape index (κ1) is 13.5. The fourth-order valence-electron chi connectivity index (χ4n) is 1.96. The molecule has 0 bridgehead atoms. The van der Waals surface area contributed by atoms with Crippen molar-refractivity contribution in [1.29, 1.82) is 0 Å². The van der Waals surface area contributed by atoms with Gasteiger partial charge in [-0.3, -0.25) is 4.79 Å². The Morgan fingerprint density at radius 3 is 2.68 bits per heavy atom. The number of benzene rings is 1. The Kier molecular flexibility index (Phi) is 3.85. The van der Waals surface area contributed by atoms with E-state index in [4.69, 9.17) is 12.2 Å². The fourth-order valence-corrected chi connectivity index (χ4v) is 2.28. The number of para-hydroxylation sites is 1. The summed E-state index contributed by atoms with van der Waals surface area (Å²) in [6, 6.07) is 9.32. The number of hydrogen-bond acceptors (Lipinski definition) is 3. The van der Waals surface area contributed by atoms with Crippen molar-refractivity contribution in [3.05, 3.63) is 41.7 Å². The molecule has 2 N–H and O–H groups in total. The average Bonchev–Trinajstić information content (AvgIpc) is 2.37. The molecule has 0 aliphatic carbocycles. The predicted molar refractivity (Wildman–Crippen MR) is 79.2 cm³/mol. The molecule has 2 rings (SSSR count). The van der Waals surface area contributed by atoms with Crippen LogP contribution in [0, 0.1) is 0 Å². The molecule has 1 heterocycles. The quantitative estimate of drug-likeness (QED) is 0.815. The molecule has 1 aliphatic heterocycles. The average molecular weight is 276 g/mol. The first-order valence-electron chi connectivity index (χ1n) is 6.06. The number of nitrogens with one attached hydrogen (secondary N) is 1. The summed E-state index contributed by atoms with van der Waals surface area (Å²) in [5.41, 5.74) is 0.987. The molecule has 1 unspecified atom stereocenters. The van der Waals surface area contributed by atoms with Gasteiger partial charge in [0.25, 0.3) is 5.91 Å². The number of aliphatic hydroxyl groups is 1. The van der Waals surface area contributed by atoms with Crippen LogP contribution in [0.5, 0.6) is 0 Å². The summed E-state index contributed by atoms with van der Waals surface area (Å²) in [7, 11) is 1.71. The molecule has 1 amide bonds. The summed E-state index contributed by atoms with van der Waals surface area (Å²) in [6.07, 6.45) is 0.425. The molecule has 0 spiro atoms. The second-order valence-electron chi connectivity index (χ2n) is 4.61. The van der Waals surface area contributed by atoms with Gasteiger partial charge in [-0.05, 0) is 19.1 Å². The number of amides is 1. The summed E-state index contributed by atoms with van der Waals surface area (Å²) >= 11 is 5.23. The van der Waals surface area contributed by atoms with Gasteiger partial charge < -0.3 is 15.3 Å². The number of carbonyl (C=O) groups excluding carboxylic acids is 1. The number of anilines is 1. The predicted octanol–water partition coefficient (Wildman–Crippen LogP) is 2.49. The van der Waals surface area contributed by atoms with Crippen molar-refractivity contribution >= 4 is 28.8 Å². The van der Waals surface area contributed by atoms with Gasteiger partial charge in [0.05, 0.1) is 0 Å². The smallest absolute Gasteiger partial charge is 0.260 e. The summed E-state index contributed by atoms with van der Waals surface area (Å²) in [4.78, 5) is 14.0. The highest BCUT2D eigenvalue weighted by Crippen LogP contribution is 2.23. The van der Waals surface area contributed by atoms with Crippen LogP contribution in [0.15, 0.2) is 41.7 Å². The van der Waals surface area contributed by atoms with Crippen LogP contribution >= 0.6 is 12.2 Å². The normalized spacial score (nSPS) is 19.6. The molecular formula is C14H16N2O2S. The second-order valence-corrected chi connectivity index (χ2v) is 5.02. The highest BCUT2D eigenvalue weighted by molar-refractivity contribution is 7.81. The molecule has 0 fully saturated rings.